The molecule has 10 heteroatoms. The molecular formula is C23H19BrCl2N2O5. The molecule has 172 valence electrons. The van der Waals surface area contributed by atoms with E-state index in [1.54, 1.807) is 36.4 Å². The Labute approximate surface area is 209 Å². The number of nitrogens with zero attached hydrogens (tertiary/aromatic N) is 1. The first kappa shape index (κ1) is 24.7. The molecule has 3 rings (SSSR count). The number of methoxy groups -OCH3 is 2. The summed E-state index contributed by atoms with van der Waals surface area (Å²) >= 11 is 15.6. The summed E-state index contributed by atoms with van der Waals surface area (Å²) in [5.41, 5.74) is 3.84. The number of hydrogen-bond acceptors (Lipinski definition) is 6. The van der Waals surface area contributed by atoms with Gasteiger partial charge in [0.2, 0.25) is 0 Å². The molecular weight excluding hydrogens is 535 g/mol. The second kappa shape index (κ2) is 11.3. The normalized spacial score (nSPS) is 10.8. The zero-order valence-corrected chi connectivity index (χ0v) is 20.7. The molecule has 3 aromatic rings. The van der Waals surface area contributed by atoms with Crippen LogP contribution >= 0.6 is 39.1 Å². The first-order valence-electron chi connectivity index (χ1n) is 9.47. The van der Waals surface area contributed by atoms with E-state index in [2.05, 4.69) is 26.5 Å². The van der Waals surface area contributed by atoms with Crippen molar-refractivity contribution in [2.24, 2.45) is 5.10 Å². The number of halogens is 3. The molecule has 0 unspecified atom stereocenters. The third kappa shape index (κ3) is 6.31. The molecule has 0 aliphatic carbocycles. The molecule has 7 nitrogen and oxygen atoms in total. The van der Waals surface area contributed by atoms with Crippen LogP contribution in [-0.2, 0) is 6.61 Å². The Kier molecular flexibility index (Phi) is 8.43. The lowest BCUT2D eigenvalue weighted by Crippen LogP contribution is -2.17. The van der Waals surface area contributed by atoms with Crippen molar-refractivity contribution in [1.82, 2.24) is 5.43 Å². The van der Waals surface area contributed by atoms with Gasteiger partial charge in [-0.1, -0.05) is 29.3 Å². The first-order valence-corrected chi connectivity index (χ1v) is 11.0. The number of hydrogen-bond donors (Lipinski definition) is 2. The Hall–Kier alpha value is -2.94. The third-order valence-electron chi connectivity index (χ3n) is 4.47. The summed E-state index contributed by atoms with van der Waals surface area (Å²) in [4.78, 5) is 12.3. The Bertz CT molecular complexity index is 1200. The highest BCUT2D eigenvalue weighted by molar-refractivity contribution is 9.10. The summed E-state index contributed by atoms with van der Waals surface area (Å²) in [6, 6.07) is 13.0. The average molecular weight is 554 g/mol. The van der Waals surface area contributed by atoms with Crippen molar-refractivity contribution in [2.75, 3.05) is 14.2 Å². The van der Waals surface area contributed by atoms with Crippen molar-refractivity contribution in [3.63, 3.8) is 0 Å². The maximum atomic E-state index is 12.3. The summed E-state index contributed by atoms with van der Waals surface area (Å²) in [5, 5.41) is 15.0. The van der Waals surface area contributed by atoms with Gasteiger partial charge in [0.15, 0.2) is 11.5 Å². The highest BCUT2D eigenvalue weighted by Crippen LogP contribution is 2.37. The van der Waals surface area contributed by atoms with Gasteiger partial charge in [-0.05, 0) is 57.9 Å². The van der Waals surface area contributed by atoms with Gasteiger partial charge in [-0.2, -0.15) is 5.10 Å². The molecule has 0 bridgehead atoms. The quantitative estimate of drug-likeness (QED) is 0.271. The number of aromatic hydroxyl groups is 1. The number of carbonyl (C=O) groups is 1. The minimum absolute atomic E-state index is 0.0660. The number of hydrazone groups is 1. The van der Waals surface area contributed by atoms with Crippen LogP contribution in [0.25, 0.3) is 0 Å². The van der Waals surface area contributed by atoms with E-state index in [1.165, 1.54) is 32.6 Å². The molecule has 0 heterocycles. The fourth-order valence-corrected chi connectivity index (χ4v) is 3.84. The molecule has 0 aliphatic rings. The van der Waals surface area contributed by atoms with E-state index < -0.39 is 5.91 Å². The molecule has 0 spiro atoms. The predicted octanol–water partition coefficient (Wildman–Crippen LogP) is 5.82. The van der Waals surface area contributed by atoms with Crippen LogP contribution < -0.4 is 19.6 Å². The second-order valence-electron chi connectivity index (χ2n) is 6.64. The zero-order valence-electron chi connectivity index (χ0n) is 17.6. The molecule has 0 radical (unpaired) electrons. The number of phenolic OH excluding ortho intramolecular Hbond substituents is 1. The van der Waals surface area contributed by atoms with Crippen LogP contribution in [0.5, 0.6) is 23.0 Å². The number of rotatable bonds is 8. The molecule has 3 aromatic carbocycles. The van der Waals surface area contributed by atoms with Crippen molar-refractivity contribution < 1.29 is 24.1 Å². The van der Waals surface area contributed by atoms with Crippen LogP contribution in [0.2, 0.25) is 10.0 Å². The van der Waals surface area contributed by atoms with E-state index >= 15 is 0 Å². The standard InChI is InChI=1S/C23H19BrCl2N2O5/c1-31-16-5-6-17(20(29)10-16)23(30)28-27-11-13-7-18(24)22(21(8-13)32-2)33-12-14-3-4-15(25)9-19(14)26/h3-11,29H,12H2,1-2H3,(H,28,30)/b27-11-. The van der Waals surface area contributed by atoms with E-state index in [1.807, 2.05) is 0 Å². The SMILES string of the molecule is COc1ccc(C(=O)N/N=C\c2cc(Br)c(OCc3ccc(Cl)cc3Cl)c(OC)c2)c(O)c1. The van der Waals surface area contributed by atoms with E-state index in [-0.39, 0.29) is 17.9 Å². The third-order valence-corrected chi connectivity index (χ3v) is 5.64. The number of carbonyl (C=O) groups excluding carboxylic acids is 1. The predicted molar refractivity (Wildman–Crippen MR) is 131 cm³/mol. The number of phenols is 1. The minimum atomic E-state index is -0.572. The fraction of sp³-hybridized carbons (Fsp3) is 0.130. The van der Waals surface area contributed by atoms with Crippen molar-refractivity contribution in [3.05, 3.63) is 79.7 Å². The van der Waals surface area contributed by atoms with Crippen LogP contribution in [0.1, 0.15) is 21.5 Å². The highest BCUT2D eigenvalue weighted by Gasteiger charge is 2.14. The maximum absolute atomic E-state index is 12.3. The van der Waals surface area contributed by atoms with Gasteiger partial charge in [-0.15, -0.1) is 0 Å². The topological polar surface area (TPSA) is 89.4 Å². The summed E-state index contributed by atoms with van der Waals surface area (Å²) in [7, 11) is 2.98. The van der Waals surface area contributed by atoms with Crippen LogP contribution in [0.4, 0.5) is 0 Å². The summed E-state index contributed by atoms with van der Waals surface area (Å²) in [6.45, 7) is 0.208. The maximum Gasteiger partial charge on any atom is 0.275 e. The first-order chi connectivity index (χ1) is 15.8. The lowest BCUT2D eigenvalue weighted by atomic mass is 10.2. The van der Waals surface area contributed by atoms with E-state index in [0.29, 0.717) is 37.3 Å². The second-order valence-corrected chi connectivity index (χ2v) is 8.34. The molecule has 0 atom stereocenters. The highest BCUT2D eigenvalue weighted by atomic mass is 79.9. The number of ether oxygens (including phenoxy) is 3. The van der Waals surface area contributed by atoms with Gasteiger partial charge in [0.1, 0.15) is 18.1 Å². The number of amides is 1. The largest absolute Gasteiger partial charge is 0.507 e. The molecule has 0 saturated heterocycles. The van der Waals surface area contributed by atoms with Crippen LogP contribution in [-0.4, -0.2) is 31.4 Å². The summed E-state index contributed by atoms with van der Waals surface area (Å²) in [6.07, 6.45) is 1.44. The van der Waals surface area contributed by atoms with Crippen molar-refractivity contribution >= 4 is 51.3 Å². The van der Waals surface area contributed by atoms with E-state index in [0.717, 1.165) is 5.56 Å². The minimum Gasteiger partial charge on any atom is -0.507 e. The number of nitrogens with one attached hydrogen (secondary N) is 1. The van der Waals surface area contributed by atoms with Crippen LogP contribution in [0.3, 0.4) is 0 Å². The van der Waals surface area contributed by atoms with Gasteiger partial charge in [0.05, 0.1) is 30.5 Å². The summed E-state index contributed by atoms with van der Waals surface area (Å²) < 4.78 is 17.0. The Balaban J connectivity index is 1.71. The Morgan fingerprint density at radius 2 is 1.91 bits per heavy atom. The van der Waals surface area contributed by atoms with E-state index in [9.17, 15) is 9.90 Å². The van der Waals surface area contributed by atoms with Gasteiger partial charge in [0, 0.05) is 21.7 Å². The fourth-order valence-electron chi connectivity index (χ4n) is 2.80. The van der Waals surface area contributed by atoms with Crippen molar-refractivity contribution in [3.8, 4) is 23.0 Å². The van der Waals surface area contributed by atoms with Gasteiger partial charge in [-0.25, -0.2) is 5.43 Å². The van der Waals surface area contributed by atoms with Gasteiger partial charge < -0.3 is 19.3 Å². The molecule has 2 N–H and O–H groups in total. The zero-order chi connectivity index (χ0) is 24.0. The molecule has 0 saturated carbocycles. The Morgan fingerprint density at radius 3 is 2.58 bits per heavy atom. The van der Waals surface area contributed by atoms with E-state index in [4.69, 9.17) is 37.4 Å². The Morgan fingerprint density at radius 1 is 1.12 bits per heavy atom. The van der Waals surface area contributed by atoms with Gasteiger partial charge >= 0.3 is 0 Å². The molecule has 0 aromatic heterocycles. The summed E-state index contributed by atoms with van der Waals surface area (Å²) in [5.74, 6) is 0.582. The molecule has 0 aliphatic heterocycles. The van der Waals surface area contributed by atoms with Crippen LogP contribution in [0.15, 0.2) is 58.1 Å². The smallest absolute Gasteiger partial charge is 0.275 e. The average Bonchev–Trinajstić information content (AvgIpc) is 2.78. The molecule has 1 amide bonds. The lowest BCUT2D eigenvalue weighted by molar-refractivity contribution is 0.0952. The monoisotopic (exact) mass is 552 g/mol. The van der Waals surface area contributed by atoms with Crippen LogP contribution in [0, 0.1) is 0 Å². The van der Waals surface area contributed by atoms with Crippen molar-refractivity contribution in [2.45, 2.75) is 6.61 Å². The van der Waals surface area contributed by atoms with Crippen molar-refractivity contribution in [1.29, 1.82) is 0 Å². The number of benzene rings is 3. The molecule has 0 fully saturated rings. The van der Waals surface area contributed by atoms with Gasteiger partial charge in [0.25, 0.3) is 5.91 Å². The van der Waals surface area contributed by atoms with Gasteiger partial charge in [-0.3, -0.25) is 4.79 Å². The molecule has 33 heavy (non-hydrogen) atoms. The lowest BCUT2D eigenvalue weighted by Gasteiger charge is -2.14.